The number of carbonyl (C=O) groups is 1. The van der Waals surface area contributed by atoms with Crippen molar-refractivity contribution in [3.8, 4) is 5.75 Å². The molecule has 0 unspecified atom stereocenters. The first-order chi connectivity index (χ1) is 13.0. The number of nitrogens with one attached hydrogen (secondary N) is 1. The highest BCUT2D eigenvalue weighted by atomic mass is 19.1. The Morgan fingerprint density at radius 1 is 1.41 bits per heavy atom. The predicted molar refractivity (Wildman–Crippen MR) is 94.9 cm³/mol. The summed E-state index contributed by atoms with van der Waals surface area (Å²) in [6, 6.07) is 7.51. The maximum atomic E-state index is 14.2. The molecule has 1 aliphatic rings. The molecule has 0 aliphatic heterocycles. The minimum Gasteiger partial charge on any atom is -0.494 e. The fraction of sp³-hybridized carbons (Fsp3) is 0.316. The molecule has 27 heavy (non-hydrogen) atoms. The lowest BCUT2D eigenvalue weighted by Crippen LogP contribution is -2.41. The van der Waals surface area contributed by atoms with Crippen LogP contribution in [-0.2, 0) is 0 Å². The van der Waals surface area contributed by atoms with Crippen LogP contribution < -0.4 is 10.1 Å². The molecule has 1 atom stereocenters. The van der Waals surface area contributed by atoms with Gasteiger partial charge in [0.05, 0.1) is 19.3 Å². The van der Waals surface area contributed by atoms with Gasteiger partial charge in [0.25, 0.3) is 5.91 Å². The largest absolute Gasteiger partial charge is 0.494 e. The van der Waals surface area contributed by atoms with E-state index in [4.69, 9.17) is 4.74 Å². The molecule has 3 aromatic rings. The van der Waals surface area contributed by atoms with E-state index in [0.717, 1.165) is 0 Å². The van der Waals surface area contributed by atoms with Gasteiger partial charge in [-0.05, 0) is 42.5 Å². The van der Waals surface area contributed by atoms with E-state index in [2.05, 4.69) is 15.4 Å². The number of ether oxygens (including phenoxy) is 1. The minimum atomic E-state index is -0.494. The first kappa shape index (κ1) is 17.4. The van der Waals surface area contributed by atoms with Crippen molar-refractivity contribution >= 4 is 11.6 Å². The number of aliphatic hydroxyl groups is 1. The average Bonchev–Trinajstić information content (AvgIpc) is 3.08. The van der Waals surface area contributed by atoms with Gasteiger partial charge >= 0.3 is 0 Å². The molecule has 1 amide bonds. The summed E-state index contributed by atoms with van der Waals surface area (Å²) in [6.45, 7) is 0. The van der Waals surface area contributed by atoms with E-state index in [1.54, 1.807) is 30.6 Å². The van der Waals surface area contributed by atoms with E-state index in [9.17, 15) is 14.3 Å². The first-order valence-electron chi connectivity index (χ1n) is 8.68. The molecule has 1 fully saturated rings. The smallest absolute Gasteiger partial charge is 0.272 e. The second-order valence-electron chi connectivity index (χ2n) is 6.68. The van der Waals surface area contributed by atoms with Crippen LogP contribution in [0.1, 0.15) is 34.9 Å². The van der Waals surface area contributed by atoms with Gasteiger partial charge < -0.3 is 15.2 Å². The average molecular weight is 370 g/mol. The maximum Gasteiger partial charge on any atom is 0.272 e. The number of methoxy groups -OCH3 is 1. The Morgan fingerprint density at radius 3 is 2.89 bits per heavy atom. The van der Waals surface area contributed by atoms with Gasteiger partial charge in [0.1, 0.15) is 0 Å². The number of rotatable bonds is 5. The van der Waals surface area contributed by atoms with Crippen molar-refractivity contribution < 1.29 is 19.0 Å². The zero-order chi connectivity index (χ0) is 19.0. The summed E-state index contributed by atoms with van der Waals surface area (Å²) in [6.07, 6.45) is 4.03. The summed E-state index contributed by atoms with van der Waals surface area (Å²) in [4.78, 5) is 16.9. The number of hydrogen-bond donors (Lipinski definition) is 2. The lowest BCUT2D eigenvalue weighted by Gasteiger charge is -2.38. The third kappa shape index (κ3) is 3.35. The zero-order valence-electron chi connectivity index (χ0n) is 14.7. The molecule has 7 nitrogen and oxygen atoms in total. The van der Waals surface area contributed by atoms with Gasteiger partial charge in [-0.3, -0.25) is 4.79 Å². The van der Waals surface area contributed by atoms with Crippen molar-refractivity contribution in [2.45, 2.75) is 25.0 Å². The molecule has 8 heteroatoms. The Balaban J connectivity index is 1.61. The van der Waals surface area contributed by atoms with E-state index in [1.807, 2.05) is 0 Å². The van der Waals surface area contributed by atoms with Crippen LogP contribution in [0.3, 0.4) is 0 Å². The summed E-state index contributed by atoms with van der Waals surface area (Å²) >= 11 is 0. The quantitative estimate of drug-likeness (QED) is 0.718. The third-order valence-corrected chi connectivity index (χ3v) is 4.91. The van der Waals surface area contributed by atoms with E-state index in [1.165, 1.54) is 23.8 Å². The normalized spacial score (nSPS) is 20.1. The molecule has 4 rings (SSSR count). The van der Waals surface area contributed by atoms with Crippen LogP contribution in [0.2, 0.25) is 0 Å². The lowest BCUT2D eigenvalue weighted by molar-refractivity contribution is 0.0234. The number of fused-ring (bicyclic) bond motifs is 1. The molecule has 1 aromatic carbocycles. The second kappa shape index (κ2) is 6.96. The second-order valence-corrected chi connectivity index (χ2v) is 6.68. The van der Waals surface area contributed by atoms with Gasteiger partial charge in [-0.25, -0.2) is 13.9 Å². The van der Waals surface area contributed by atoms with Crippen molar-refractivity contribution in [3.05, 3.63) is 59.8 Å². The molecule has 1 saturated carbocycles. The molecule has 0 radical (unpaired) electrons. The van der Waals surface area contributed by atoms with E-state index in [-0.39, 0.29) is 23.3 Å². The van der Waals surface area contributed by atoms with Crippen molar-refractivity contribution in [2.24, 2.45) is 5.92 Å². The molecule has 0 bridgehead atoms. The Morgan fingerprint density at radius 2 is 2.22 bits per heavy atom. The molecule has 2 heterocycles. The number of amides is 1. The SMILES string of the molecule is COc1ccc([C@@H](NC(=O)c2cc3ncccn3n2)C2CC(O)C2)cc1F. The van der Waals surface area contributed by atoms with Gasteiger partial charge in [0.2, 0.25) is 0 Å². The number of halogens is 1. The topological polar surface area (TPSA) is 88.8 Å². The fourth-order valence-electron chi connectivity index (χ4n) is 3.41. The van der Waals surface area contributed by atoms with Crippen LogP contribution in [0.5, 0.6) is 5.75 Å². The fourth-order valence-corrected chi connectivity index (χ4v) is 3.41. The van der Waals surface area contributed by atoms with Crippen LogP contribution in [0.15, 0.2) is 42.7 Å². The van der Waals surface area contributed by atoms with Crippen LogP contribution >= 0.6 is 0 Å². The molecule has 1 aliphatic carbocycles. The Kier molecular flexibility index (Phi) is 4.49. The first-order valence-corrected chi connectivity index (χ1v) is 8.68. The van der Waals surface area contributed by atoms with Crippen LogP contribution in [0.25, 0.3) is 5.65 Å². The predicted octanol–water partition coefficient (Wildman–Crippen LogP) is 2.12. The Bertz CT molecular complexity index is 951. The zero-order valence-corrected chi connectivity index (χ0v) is 14.7. The van der Waals surface area contributed by atoms with Gasteiger partial charge in [-0.2, -0.15) is 5.10 Å². The molecular formula is C19H19FN4O3. The van der Waals surface area contributed by atoms with E-state index >= 15 is 0 Å². The summed E-state index contributed by atoms with van der Waals surface area (Å²) < 4.78 is 20.6. The Labute approximate surface area is 154 Å². The molecule has 0 spiro atoms. The van der Waals surface area contributed by atoms with Crippen molar-refractivity contribution in [1.82, 2.24) is 19.9 Å². The summed E-state index contributed by atoms with van der Waals surface area (Å²) in [7, 11) is 1.40. The van der Waals surface area contributed by atoms with E-state index in [0.29, 0.717) is 24.1 Å². The number of nitrogens with zero attached hydrogens (tertiary/aromatic N) is 3. The Hall–Kier alpha value is -3.00. The number of benzene rings is 1. The molecule has 2 N–H and O–H groups in total. The molecule has 140 valence electrons. The summed E-state index contributed by atoms with van der Waals surface area (Å²) in [5, 5.41) is 16.8. The van der Waals surface area contributed by atoms with E-state index < -0.39 is 18.0 Å². The van der Waals surface area contributed by atoms with Crippen LogP contribution in [-0.4, -0.2) is 38.8 Å². The van der Waals surface area contributed by atoms with Crippen LogP contribution in [0.4, 0.5) is 4.39 Å². The van der Waals surface area contributed by atoms with Crippen molar-refractivity contribution in [2.75, 3.05) is 7.11 Å². The highest BCUT2D eigenvalue weighted by Crippen LogP contribution is 2.39. The maximum absolute atomic E-state index is 14.2. The number of aromatic nitrogens is 3. The van der Waals surface area contributed by atoms with Crippen LogP contribution in [0, 0.1) is 11.7 Å². The molecular weight excluding hydrogens is 351 g/mol. The number of hydrogen-bond acceptors (Lipinski definition) is 5. The van der Waals surface area contributed by atoms with Crippen molar-refractivity contribution in [1.29, 1.82) is 0 Å². The van der Waals surface area contributed by atoms with Gasteiger partial charge in [-0.1, -0.05) is 6.07 Å². The monoisotopic (exact) mass is 370 g/mol. The molecule has 2 aromatic heterocycles. The van der Waals surface area contributed by atoms with Gasteiger partial charge in [0.15, 0.2) is 22.9 Å². The summed E-state index contributed by atoms with van der Waals surface area (Å²) in [5.41, 5.74) is 1.42. The molecule has 0 saturated heterocycles. The standard InChI is InChI=1S/C19H19FN4O3/c1-27-16-4-3-11(9-14(16)20)18(12-7-13(25)8-12)22-19(26)15-10-17-21-5-2-6-24(17)23-15/h2-6,9-10,12-13,18,25H,7-8H2,1H3,(H,22,26)/t12?,13?,18-/m1/s1. The van der Waals surface area contributed by atoms with Gasteiger partial charge in [-0.15, -0.1) is 0 Å². The minimum absolute atomic E-state index is 0.0203. The highest BCUT2D eigenvalue weighted by Gasteiger charge is 2.36. The third-order valence-electron chi connectivity index (χ3n) is 4.91. The van der Waals surface area contributed by atoms with Crippen molar-refractivity contribution in [3.63, 3.8) is 0 Å². The number of carbonyl (C=O) groups excluding carboxylic acids is 1. The van der Waals surface area contributed by atoms with Gasteiger partial charge in [0, 0.05) is 18.5 Å². The highest BCUT2D eigenvalue weighted by molar-refractivity contribution is 5.93. The summed E-state index contributed by atoms with van der Waals surface area (Å²) in [5.74, 6) is -0.704. The lowest BCUT2D eigenvalue weighted by atomic mass is 9.75. The number of aliphatic hydroxyl groups excluding tert-OH is 1.